The van der Waals surface area contributed by atoms with Crippen molar-refractivity contribution >= 4 is 21.6 Å². The summed E-state index contributed by atoms with van der Waals surface area (Å²) in [4.78, 5) is 17.7. The minimum Gasteiger partial charge on any atom is -0.497 e. The molecule has 0 aliphatic heterocycles. The topological polar surface area (TPSA) is 88.6 Å². The van der Waals surface area contributed by atoms with Crippen molar-refractivity contribution < 1.29 is 17.9 Å². The lowest BCUT2D eigenvalue weighted by atomic mass is 9.87. The van der Waals surface area contributed by atoms with Gasteiger partial charge in [-0.2, -0.15) is 0 Å². The summed E-state index contributed by atoms with van der Waals surface area (Å²) >= 11 is 0. The van der Waals surface area contributed by atoms with Crippen LogP contribution in [-0.4, -0.2) is 33.0 Å². The number of hydrogen-bond acceptors (Lipinski definition) is 5. The van der Waals surface area contributed by atoms with E-state index in [9.17, 15) is 13.2 Å². The van der Waals surface area contributed by atoms with Gasteiger partial charge in [0.1, 0.15) is 5.75 Å². The molecule has 0 spiro atoms. The number of rotatable bonds is 10. The van der Waals surface area contributed by atoms with E-state index < -0.39 is 22.0 Å². The molecule has 1 heterocycles. The molecule has 3 aromatic rings. The summed E-state index contributed by atoms with van der Waals surface area (Å²) in [6.07, 6.45) is 3.65. The second-order valence-electron chi connectivity index (χ2n) is 9.38. The van der Waals surface area contributed by atoms with Gasteiger partial charge in [-0.15, -0.1) is 0 Å². The number of nitrogens with zero attached hydrogens (tertiary/aromatic N) is 2. The molecule has 1 N–H and O–H groups in total. The summed E-state index contributed by atoms with van der Waals surface area (Å²) in [6, 6.07) is 17.0. The average Bonchev–Trinajstić information content (AvgIpc) is 2.87. The van der Waals surface area contributed by atoms with E-state index in [0.29, 0.717) is 24.2 Å². The molecule has 1 amide bonds. The highest BCUT2D eigenvalue weighted by Crippen LogP contribution is 2.33. The molecule has 1 unspecified atom stereocenters. The first-order valence-electron chi connectivity index (χ1n) is 11.6. The van der Waals surface area contributed by atoms with Crippen LogP contribution in [0.15, 0.2) is 85.0 Å². The fraction of sp³-hybridized carbons (Fsp3) is 0.286. The number of methoxy groups -OCH3 is 1. The van der Waals surface area contributed by atoms with E-state index in [1.165, 1.54) is 6.20 Å². The standard InChI is InChI=1S/C28H33N3O4S/c1-6-36(33,34)31(24-13-11-23(12-14-24)28(2,3)4)26(22-8-7-18-29-20-22)27(32)30-19-17-21-9-15-25(35-5)16-10-21/h6-16,18,20,26H,1,17,19H2,2-5H3,(H,30,32). The van der Waals surface area contributed by atoms with Gasteiger partial charge < -0.3 is 10.1 Å². The molecule has 3 rings (SSSR count). The van der Waals surface area contributed by atoms with Gasteiger partial charge in [0.25, 0.3) is 10.0 Å². The van der Waals surface area contributed by atoms with Crippen molar-refractivity contribution in [1.82, 2.24) is 10.3 Å². The third-order valence-corrected chi connectivity index (χ3v) is 7.22. The Hall–Kier alpha value is -3.65. The number of ether oxygens (including phenoxy) is 1. The number of benzene rings is 2. The molecule has 190 valence electrons. The number of nitrogens with one attached hydrogen (secondary N) is 1. The van der Waals surface area contributed by atoms with E-state index in [1.807, 2.05) is 36.4 Å². The van der Waals surface area contributed by atoms with Crippen molar-refractivity contribution in [3.8, 4) is 5.75 Å². The molecule has 0 bridgehead atoms. The van der Waals surface area contributed by atoms with Gasteiger partial charge in [0.15, 0.2) is 6.04 Å². The Balaban J connectivity index is 1.94. The zero-order chi connectivity index (χ0) is 26.3. The van der Waals surface area contributed by atoms with E-state index in [4.69, 9.17) is 4.74 Å². The smallest absolute Gasteiger partial charge is 0.257 e. The molecule has 0 aliphatic rings. The number of aromatic nitrogens is 1. The summed E-state index contributed by atoms with van der Waals surface area (Å²) in [6.45, 7) is 10.1. The number of carbonyl (C=O) groups excluding carboxylic acids is 1. The first kappa shape index (κ1) is 26.9. The Labute approximate surface area is 213 Å². The highest BCUT2D eigenvalue weighted by Gasteiger charge is 2.35. The Morgan fingerprint density at radius 2 is 1.78 bits per heavy atom. The Morgan fingerprint density at radius 1 is 1.11 bits per heavy atom. The van der Waals surface area contributed by atoms with Crippen LogP contribution in [0.1, 0.15) is 43.5 Å². The van der Waals surface area contributed by atoms with Crippen molar-refractivity contribution in [1.29, 1.82) is 0 Å². The molecule has 0 aliphatic carbocycles. The third-order valence-electron chi connectivity index (χ3n) is 5.83. The minimum atomic E-state index is -4.04. The maximum atomic E-state index is 13.5. The summed E-state index contributed by atoms with van der Waals surface area (Å²) in [5, 5.41) is 3.76. The molecule has 1 atom stereocenters. The fourth-order valence-electron chi connectivity index (χ4n) is 3.78. The molecular formula is C28H33N3O4S. The summed E-state index contributed by atoms with van der Waals surface area (Å²) < 4.78 is 32.8. The van der Waals surface area contributed by atoms with Crippen molar-refractivity contribution in [2.24, 2.45) is 0 Å². The van der Waals surface area contributed by atoms with Gasteiger partial charge >= 0.3 is 0 Å². The highest BCUT2D eigenvalue weighted by molar-refractivity contribution is 7.95. The van der Waals surface area contributed by atoms with Crippen molar-refractivity contribution in [3.05, 3.63) is 102 Å². The Morgan fingerprint density at radius 3 is 2.31 bits per heavy atom. The van der Waals surface area contributed by atoms with Crippen molar-refractivity contribution in [2.45, 2.75) is 38.6 Å². The van der Waals surface area contributed by atoms with Crippen molar-refractivity contribution in [2.75, 3.05) is 18.0 Å². The largest absolute Gasteiger partial charge is 0.497 e. The van der Waals surface area contributed by atoms with E-state index >= 15 is 0 Å². The van der Waals surface area contributed by atoms with Gasteiger partial charge in [-0.25, -0.2) is 12.7 Å². The molecular weight excluding hydrogens is 474 g/mol. The predicted octanol–water partition coefficient (Wildman–Crippen LogP) is 4.77. The number of anilines is 1. The van der Waals surface area contributed by atoms with Crippen LogP contribution >= 0.6 is 0 Å². The number of amides is 1. The predicted molar refractivity (Wildman–Crippen MR) is 143 cm³/mol. The molecule has 0 radical (unpaired) electrons. The van der Waals surface area contributed by atoms with Crippen LogP contribution in [0, 0.1) is 0 Å². The molecule has 8 heteroatoms. The Kier molecular flexibility index (Phi) is 8.53. The van der Waals surface area contributed by atoms with Gasteiger partial charge in [-0.1, -0.05) is 57.7 Å². The maximum Gasteiger partial charge on any atom is 0.257 e. The molecule has 36 heavy (non-hydrogen) atoms. The Bertz CT molecular complexity index is 1270. The second kappa shape index (κ2) is 11.4. The number of sulfonamides is 1. The first-order chi connectivity index (χ1) is 17.1. The van der Waals surface area contributed by atoms with E-state index in [-0.39, 0.29) is 5.41 Å². The quantitative estimate of drug-likeness (QED) is 0.427. The zero-order valence-electron chi connectivity index (χ0n) is 21.1. The highest BCUT2D eigenvalue weighted by atomic mass is 32.2. The van der Waals surface area contributed by atoms with Crippen LogP contribution in [0.4, 0.5) is 5.69 Å². The maximum absolute atomic E-state index is 13.5. The van der Waals surface area contributed by atoms with Gasteiger partial charge in [-0.05, 0) is 53.3 Å². The number of carbonyl (C=O) groups is 1. The third kappa shape index (κ3) is 6.51. The molecule has 0 saturated carbocycles. The normalized spacial score (nSPS) is 12.4. The van der Waals surface area contributed by atoms with E-state index in [0.717, 1.165) is 26.6 Å². The lowest BCUT2D eigenvalue weighted by molar-refractivity contribution is -0.122. The van der Waals surface area contributed by atoms with Gasteiger partial charge in [-0.3, -0.25) is 9.78 Å². The molecule has 0 fully saturated rings. The first-order valence-corrected chi connectivity index (χ1v) is 13.1. The lowest BCUT2D eigenvalue weighted by Crippen LogP contribution is -2.43. The van der Waals surface area contributed by atoms with E-state index in [1.54, 1.807) is 37.6 Å². The lowest BCUT2D eigenvalue weighted by Gasteiger charge is -2.31. The minimum absolute atomic E-state index is 0.109. The van der Waals surface area contributed by atoms with Gasteiger partial charge in [0, 0.05) is 29.9 Å². The monoisotopic (exact) mass is 507 g/mol. The number of pyridine rings is 1. The molecule has 1 aromatic heterocycles. The molecule has 7 nitrogen and oxygen atoms in total. The van der Waals surface area contributed by atoms with Crippen LogP contribution in [0.3, 0.4) is 0 Å². The zero-order valence-corrected chi connectivity index (χ0v) is 22.0. The van der Waals surface area contributed by atoms with Crippen LogP contribution in [0.25, 0.3) is 0 Å². The number of hydrogen-bond donors (Lipinski definition) is 1. The summed E-state index contributed by atoms with van der Waals surface area (Å²) in [7, 11) is -2.44. The molecule has 0 saturated heterocycles. The second-order valence-corrected chi connectivity index (χ2v) is 11.1. The van der Waals surface area contributed by atoms with Gasteiger partial charge in [0.2, 0.25) is 5.91 Å². The fourth-order valence-corrected chi connectivity index (χ4v) is 4.87. The summed E-state index contributed by atoms with van der Waals surface area (Å²) in [5.41, 5.74) is 2.76. The van der Waals surface area contributed by atoms with Crippen LogP contribution in [0.5, 0.6) is 5.75 Å². The van der Waals surface area contributed by atoms with Crippen LogP contribution < -0.4 is 14.4 Å². The van der Waals surface area contributed by atoms with Crippen LogP contribution in [0.2, 0.25) is 0 Å². The van der Waals surface area contributed by atoms with Gasteiger partial charge in [0.05, 0.1) is 12.8 Å². The SMILES string of the molecule is C=CS(=O)(=O)N(c1ccc(C(C)(C)C)cc1)C(C(=O)NCCc1ccc(OC)cc1)c1cccnc1. The van der Waals surface area contributed by atoms with E-state index in [2.05, 4.69) is 37.7 Å². The summed E-state index contributed by atoms with van der Waals surface area (Å²) in [5.74, 6) is 0.295. The van der Waals surface area contributed by atoms with Crippen molar-refractivity contribution in [3.63, 3.8) is 0 Å². The molecule has 2 aromatic carbocycles. The average molecular weight is 508 g/mol. The van der Waals surface area contributed by atoms with Crippen LogP contribution in [-0.2, 0) is 26.7 Å².